The molecule has 0 spiro atoms. The number of nitrogens with one attached hydrogen (secondary N) is 2. The lowest BCUT2D eigenvalue weighted by atomic mass is 10.1. The number of anilines is 1. The zero-order chi connectivity index (χ0) is 20.0. The van der Waals surface area contributed by atoms with Crippen LogP contribution in [0.15, 0.2) is 53.3 Å². The molecule has 0 fully saturated rings. The maximum Gasteiger partial charge on any atom is 0.412 e. The van der Waals surface area contributed by atoms with Gasteiger partial charge in [-0.2, -0.15) is 0 Å². The number of hydrogen-bond donors (Lipinski definition) is 2. The molecule has 2 N–H and O–H groups in total. The van der Waals surface area contributed by atoms with Gasteiger partial charge in [0, 0.05) is 5.69 Å². The van der Waals surface area contributed by atoms with Crippen LogP contribution in [0.1, 0.15) is 52.6 Å². The Morgan fingerprint density at radius 3 is 2.81 bits per heavy atom. The molecule has 1 aliphatic rings. The smallest absolute Gasteiger partial charge is 0.412 e. The molecule has 0 bridgehead atoms. The number of carbonyl (C=O) groups is 1. The van der Waals surface area contributed by atoms with Gasteiger partial charge in [-0.25, -0.2) is 9.79 Å². The summed E-state index contributed by atoms with van der Waals surface area (Å²) in [4.78, 5) is 16.4. The lowest BCUT2D eigenvalue weighted by molar-refractivity contribution is 0.0636. The van der Waals surface area contributed by atoms with E-state index in [0.29, 0.717) is 16.8 Å². The molecule has 1 aliphatic heterocycles. The molecule has 1 heterocycles. The van der Waals surface area contributed by atoms with Crippen LogP contribution in [0.3, 0.4) is 0 Å². The summed E-state index contributed by atoms with van der Waals surface area (Å²) >= 11 is 6.12. The fourth-order valence-corrected chi connectivity index (χ4v) is 2.78. The van der Waals surface area contributed by atoms with Crippen LogP contribution in [0, 0.1) is 5.92 Å². The SMILES string of the molecule is CC1\C=C(N[C@@H](C)c2cccc(NC(=O)OC(C)(C)C)c2)/N=C(Cl)\C=C\C1. The molecule has 6 heteroatoms. The van der Waals surface area contributed by atoms with Crippen molar-refractivity contribution in [1.82, 2.24) is 5.32 Å². The Balaban J connectivity index is 2.09. The van der Waals surface area contributed by atoms with Crippen LogP contribution in [-0.4, -0.2) is 16.9 Å². The average Bonchev–Trinajstić information content (AvgIpc) is 2.51. The van der Waals surface area contributed by atoms with Crippen molar-refractivity contribution in [2.45, 2.75) is 52.7 Å². The van der Waals surface area contributed by atoms with E-state index >= 15 is 0 Å². The van der Waals surface area contributed by atoms with Gasteiger partial charge in [-0.3, -0.25) is 5.32 Å². The van der Waals surface area contributed by atoms with E-state index < -0.39 is 11.7 Å². The Hall–Kier alpha value is -2.27. The number of allylic oxidation sites excluding steroid dienone is 3. The van der Waals surface area contributed by atoms with E-state index in [1.54, 1.807) is 0 Å². The van der Waals surface area contributed by atoms with Gasteiger partial charge in [0.2, 0.25) is 0 Å². The first-order valence-corrected chi connectivity index (χ1v) is 9.49. The molecule has 1 amide bonds. The molecular formula is C21H28ClN3O2. The van der Waals surface area contributed by atoms with Crippen molar-refractivity contribution in [3.8, 4) is 0 Å². The van der Waals surface area contributed by atoms with Crippen molar-refractivity contribution in [2.24, 2.45) is 10.9 Å². The lowest BCUT2D eigenvalue weighted by Crippen LogP contribution is -2.27. The second kappa shape index (κ2) is 9.09. The summed E-state index contributed by atoms with van der Waals surface area (Å²) in [6.45, 7) is 9.67. The number of amides is 1. The van der Waals surface area contributed by atoms with E-state index in [-0.39, 0.29) is 6.04 Å². The van der Waals surface area contributed by atoms with Crippen LogP contribution in [0.2, 0.25) is 0 Å². The molecule has 0 aliphatic carbocycles. The van der Waals surface area contributed by atoms with Crippen molar-refractivity contribution < 1.29 is 9.53 Å². The molecule has 0 saturated carbocycles. The van der Waals surface area contributed by atoms with Gasteiger partial charge in [-0.1, -0.05) is 36.7 Å². The van der Waals surface area contributed by atoms with Gasteiger partial charge in [-0.15, -0.1) is 0 Å². The molecular weight excluding hydrogens is 362 g/mol. The molecule has 2 rings (SSSR count). The normalized spacial score (nSPS) is 23.6. The Kier molecular flexibility index (Phi) is 7.08. The monoisotopic (exact) mass is 389 g/mol. The van der Waals surface area contributed by atoms with Gasteiger partial charge in [0.25, 0.3) is 0 Å². The van der Waals surface area contributed by atoms with Crippen molar-refractivity contribution in [1.29, 1.82) is 0 Å². The van der Waals surface area contributed by atoms with Gasteiger partial charge < -0.3 is 10.1 Å². The van der Waals surface area contributed by atoms with E-state index in [2.05, 4.69) is 28.6 Å². The third-order valence-electron chi connectivity index (χ3n) is 3.83. The summed E-state index contributed by atoms with van der Waals surface area (Å²) in [6.07, 6.45) is 6.37. The molecule has 1 unspecified atom stereocenters. The number of hydrogen-bond acceptors (Lipinski definition) is 4. The van der Waals surface area contributed by atoms with Crippen LogP contribution in [0.5, 0.6) is 0 Å². The van der Waals surface area contributed by atoms with E-state index in [0.717, 1.165) is 17.8 Å². The second-order valence-corrected chi connectivity index (χ2v) is 8.11. The number of rotatable bonds is 4. The summed E-state index contributed by atoms with van der Waals surface area (Å²) in [5.74, 6) is 1.11. The van der Waals surface area contributed by atoms with Gasteiger partial charge >= 0.3 is 6.09 Å². The zero-order valence-corrected chi connectivity index (χ0v) is 17.3. The first-order valence-electron chi connectivity index (χ1n) is 9.11. The Bertz CT molecular complexity index is 763. The highest BCUT2D eigenvalue weighted by atomic mass is 35.5. The molecule has 5 nitrogen and oxygen atoms in total. The summed E-state index contributed by atoms with van der Waals surface area (Å²) in [5.41, 5.74) is 1.16. The quantitative estimate of drug-likeness (QED) is 0.688. The van der Waals surface area contributed by atoms with Crippen LogP contribution >= 0.6 is 11.6 Å². The molecule has 0 aromatic heterocycles. The maximum absolute atomic E-state index is 12.0. The zero-order valence-electron chi connectivity index (χ0n) is 16.5. The van der Waals surface area contributed by atoms with E-state index in [1.807, 2.05) is 64.1 Å². The van der Waals surface area contributed by atoms with Gasteiger partial charge in [0.05, 0.1) is 6.04 Å². The fraction of sp³-hybridized carbons (Fsp3) is 0.429. The third-order valence-corrected chi connectivity index (χ3v) is 4.04. The van der Waals surface area contributed by atoms with Crippen LogP contribution in [0.4, 0.5) is 10.5 Å². The standard InChI is InChI=1S/C21H28ClN3O2/c1-14-8-6-11-18(22)25-19(12-14)23-15(2)16-9-7-10-17(13-16)24-20(26)27-21(3,4)5/h6-7,9-15,23H,8H2,1-5H3,(H,24,26)/b11-6+,19-12-,25-18+/t14?,15-/m0/s1. The van der Waals surface area contributed by atoms with Crippen molar-refractivity contribution in [3.05, 3.63) is 53.9 Å². The van der Waals surface area contributed by atoms with Crippen molar-refractivity contribution in [2.75, 3.05) is 5.32 Å². The highest BCUT2D eigenvalue weighted by Gasteiger charge is 2.17. The minimum atomic E-state index is -0.538. The number of halogens is 1. The van der Waals surface area contributed by atoms with E-state index in [9.17, 15) is 4.79 Å². The second-order valence-electron chi connectivity index (χ2n) is 7.72. The highest BCUT2D eigenvalue weighted by molar-refractivity contribution is 6.68. The minimum absolute atomic E-state index is 0.0135. The third kappa shape index (κ3) is 7.47. The number of aliphatic imine (C=N–C) groups is 1. The van der Waals surface area contributed by atoms with E-state index in [1.165, 1.54) is 0 Å². The predicted octanol–water partition coefficient (Wildman–Crippen LogP) is 5.76. The van der Waals surface area contributed by atoms with Crippen molar-refractivity contribution >= 4 is 28.6 Å². The van der Waals surface area contributed by atoms with Crippen LogP contribution in [-0.2, 0) is 4.74 Å². The lowest BCUT2D eigenvalue weighted by Gasteiger charge is -2.21. The Morgan fingerprint density at radius 2 is 2.11 bits per heavy atom. The average molecular weight is 390 g/mol. The Morgan fingerprint density at radius 1 is 1.37 bits per heavy atom. The predicted molar refractivity (Wildman–Crippen MR) is 112 cm³/mol. The number of benzene rings is 1. The summed E-state index contributed by atoms with van der Waals surface area (Å²) in [6, 6.07) is 7.63. The van der Waals surface area contributed by atoms with Gasteiger partial charge in [-0.05, 0) is 69.9 Å². The largest absolute Gasteiger partial charge is 0.444 e. The van der Waals surface area contributed by atoms with Gasteiger partial charge in [0.1, 0.15) is 16.6 Å². The van der Waals surface area contributed by atoms with Crippen LogP contribution in [0.25, 0.3) is 0 Å². The first-order chi connectivity index (χ1) is 12.6. The molecule has 1 aromatic rings. The summed E-state index contributed by atoms with van der Waals surface area (Å²) < 4.78 is 5.30. The topological polar surface area (TPSA) is 62.7 Å². The molecule has 0 radical (unpaired) electrons. The highest BCUT2D eigenvalue weighted by Crippen LogP contribution is 2.21. The summed E-state index contributed by atoms with van der Waals surface area (Å²) in [5, 5.41) is 6.61. The summed E-state index contributed by atoms with van der Waals surface area (Å²) in [7, 11) is 0. The van der Waals surface area contributed by atoms with E-state index in [4.69, 9.17) is 16.3 Å². The first kappa shape index (κ1) is 21.0. The van der Waals surface area contributed by atoms with Crippen LogP contribution < -0.4 is 10.6 Å². The molecule has 27 heavy (non-hydrogen) atoms. The number of ether oxygens (including phenoxy) is 1. The molecule has 0 saturated heterocycles. The molecule has 2 atom stereocenters. The van der Waals surface area contributed by atoms with Crippen molar-refractivity contribution in [3.63, 3.8) is 0 Å². The van der Waals surface area contributed by atoms with Gasteiger partial charge in [0.15, 0.2) is 0 Å². The minimum Gasteiger partial charge on any atom is -0.444 e. The number of carbonyl (C=O) groups excluding carboxylic acids is 1. The Labute approximate surface area is 166 Å². The molecule has 1 aromatic carbocycles. The molecule has 146 valence electrons. The number of nitrogens with zero attached hydrogens (tertiary/aromatic N) is 1. The maximum atomic E-state index is 12.0. The fourth-order valence-electron chi connectivity index (χ4n) is 2.60.